The quantitative estimate of drug-likeness (QED) is 0.319. The van der Waals surface area contributed by atoms with E-state index in [0.717, 1.165) is 49.9 Å². The van der Waals surface area contributed by atoms with E-state index in [0.29, 0.717) is 39.1 Å². The maximum absolute atomic E-state index is 13.0. The molecule has 5 aliphatic rings. The molecular formula is C30H42N6O7. The average Bonchev–Trinajstić information content (AvgIpc) is 3.83. The highest BCUT2D eigenvalue weighted by Gasteiger charge is 2.52. The number of carbonyl (C=O) groups is 4. The van der Waals surface area contributed by atoms with Gasteiger partial charge in [-0.2, -0.15) is 0 Å². The summed E-state index contributed by atoms with van der Waals surface area (Å²) in [5.41, 5.74) is 1.14. The fourth-order valence-corrected chi connectivity index (χ4v) is 6.93. The second kappa shape index (κ2) is 12.9. The summed E-state index contributed by atoms with van der Waals surface area (Å²) >= 11 is 0. The number of pyridine rings is 1. The number of amides is 2. The van der Waals surface area contributed by atoms with Crippen LogP contribution in [0.3, 0.4) is 0 Å². The second-order valence-corrected chi connectivity index (χ2v) is 11.8. The number of fused-ring (bicyclic) bond motifs is 1. The lowest BCUT2D eigenvalue weighted by atomic mass is 9.95. The SMILES string of the molecule is CCOC1C(=O)C(OC(=O)COC(=O)N2CCN(c3nc(N4CCCC4)ccc3N3CCCC3)CC2)C2CCCN2C1=O. The zero-order valence-electron chi connectivity index (χ0n) is 24.9. The molecule has 0 spiro atoms. The Balaban J connectivity index is 1.03. The summed E-state index contributed by atoms with van der Waals surface area (Å²) in [6.45, 7) is 7.91. The molecule has 0 bridgehead atoms. The minimum atomic E-state index is -1.27. The highest BCUT2D eigenvalue weighted by atomic mass is 16.6. The van der Waals surface area contributed by atoms with Gasteiger partial charge in [-0.1, -0.05) is 0 Å². The van der Waals surface area contributed by atoms with Gasteiger partial charge in [0, 0.05) is 65.5 Å². The van der Waals surface area contributed by atoms with Crippen LogP contribution in [0.4, 0.5) is 22.1 Å². The van der Waals surface area contributed by atoms with Crippen molar-refractivity contribution in [3.05, 3.63) is 12.1 Å². The molecule has 6 heterocycles. The summed E-state index contributed by atoms with van der Waals surface area (Å²) in [6.07, 6.45) is 3.00. The van der Waals surface area contributed by atoms with Crippen LogP contribution in [0, 0.1) is 0 Å². The number of anilines is 3. The van der Waals surface area contributed by atoms with E-state index in [1.54, 1.807) is 16.7 Å². The highest BCUT2D eigenvalue weighted by molar-refractivity contribution is 6.09. The standard InChI is InChI=1S/C30H42N6O7/c1-2-41-27-25(38)26(21-8-7-15-36(21)29(27)39)43-24(37)20-42-30(40)35-18-16-34(17-19-35)28-22(32-11-3-4-12-32)9-10-23(31-28)33-13-5-6-14-33/h9-10,21,26-27H,2-8,11-20H2,1H3. The summed E-state index contributed by atoms with van der Waals surface area (Å²) in [6, 6.07) is 3.82. The molecule has 3 atom stereocenters. The maximum Gasteiger partial charge on any atom is 0.410 e. The lowest BCUT2D eigenvalue weighted by molar-refractivity contribution is -0.178. The number of rotatable bonds is 8. The van der Waals surface area contributed by atoms with Crippen LogP contribution in [0.2, 0.25) is 0 Å². The lowest BCUT2D eigenvalue weighted by Gasteiger charge is -2.38. The first-order valence-electron chi connectivity index (χ1n) is 15.8. The summed E-state index contributed by atoms with van der Waals surface area (Å²) in [4.78, 5) is 66.4. The molecule has 5 aliphatic heterocycles. The Labute approximate surface area is 252 Å². The van der Waals surface area contributed by atoms with Gasteiger partial charge in [0.15, 0.2) is 24.6 Å². The molecule has 0 saturated carbocycles. The summed E-state index contributed by atoms with van der Waals surface area (Å²) in [5.74, 6) is 0.217. The molecule has 1 aromatic heterocycles. The van der Waals surface area contributed by atoms with E-state index in [9.17, 15) is 19.2 Å². The number of esters is 1. The first-order valence-corrected chi connectivity index (χ1v) is 15.8. The summed E-state index contributed by atoms with van der Waals surface area (Å²) in [5, 5.41) is 0. The summed E-state index contributed by atoms with van der Waals surface area (Å²) < 4.78 is 16.2. The number of nitrogens with zero attached hydrogens (tertiary/aromatic N) is 6. The van der Waals surface area contributed by atoms with Crippen LogP contribution < -0.4 is 14.7 Å². The molecule has 6 rings (SSSR count). The predicted octanol–water partition coefficient (Wildman–Crippen LogP) is 1.43. The van der Waals surface area contributed by atoms with Crippen LogP contribution in [0.5, 0.6) is 0 Å². The molecule has 0 aliphatic carbocycles. The van der Waals surface area contributed by atoms with Crippen molar-refractivity contribution >= 4 is 41.1 Å². The molecule has 5 saturated heterocycles. The van der Waals surface area contributed by atoms with Crippen molar-refractivity contribution < 1.29 is 33.4 Å². The van der Waals surface area contributed by atoms with Gasteiger partial charge < -0.3 is 38.7 Å². The van der Waals surface area contributed by atoms with Gasteiger partial charge in [-0.15, -0.1) is 0 Å². The third-order valence-electron chi connectivity index (χ3n) is 9.15. The van der Waals surface area contributed by atoms with E-state index >= 15 is 0 Å². The molecule has 2 amide bonds. The van der Waals surface area contributed by atoms with Crippen LogP contribution in [-0.2, 0) is 28.6 Å². The topological polar surface area (TPSA) is 125 Å². The fraction of sp³-hybridized carbons (Fsp3) is 0.700. The Morgan fingerprint density at radius 3 is 2.26 bits per heavy atom. The number of hydrogen-bond donors (Lipinski definition) is 0. The fourth-order valence-electron chi connectivity index (χ4n) is 6.93. The summed E-state index contributed by atoms with van der Waals surface area (Å²) in [7, 11) is 0. The maximum atomic E-state index is 13.0. The van der Waals surface area contributed by atoms with Crippen LogP contribution in [0.15, 0.2) is 12.1 Å². The molecule has 5 fully saturated rings. The third-order valence-corrected chi connectivity index (χ3v) is 9.15. The van der Waals surface area contributed by atoms with E-state index in [-0.39, 0.29) is 12.5 Å². The molecule has 3 unspecified atom stereocenters. The smallest absolute Gasteiger partial charge is 0.410 e. The molecule has 0 N–H and O–H groups in total. The lowest BCUT2D eigenvalue weighted by Crippen LogP contribution is -2.62. The molecule has 234 valence electrons. The normalized spacial score (nSPS) is 25.9. The van der Waals surface area contributed by atoms with Gasteiger partial charge in [-0.3, -0.25) is 9.59 Å². The van der Waals surface area contributed by atoms with Gasteiger partial charge in [0.1, 0.15) is 5.82 Å². The van der Waals surface area contributed by atoms with E-state index in [1.807, 2.05) is 0 Å². The molecule has 1 aromatic rings. The Morgan fingerprint density at radius 1 is 0.860 bits per heavy atom. The second-order valence-electron chi connectivity index (χ2n) is 11.8. The van der Waals surface area contributed by atoms with Crippen molar-refractivity contribution in [3.63, 3.8) is 0 Å². The van der Waals surface area contributed by atoms with E-state index in [1.165, 1.54) is 25.7 Å². The van der Waals surface area contributed by atoms with Crippen molar-refractivity contribution in [2.24, 2.45) is 0 Å². The molecule has 0 radical (unpaired) electrons. The van der Waals surface area contributed by atoms with Crippen molar-refractivity contribution in [1.29, 1.82) is 0 Å². The molecular weight excluding hydrogens is 556 g/mol. The predicted molar refractivity (Wildman–Crippen MR) is 157 cm³/mol. The number of carbonyl (C=O) groups excluding carboxylic acids is 4. The van der Waals surface area contributed by atoms with Crippen LogP contribution in [0.1, 0.15) is 45.4 Å². The minimum absolute atomic E-state index is 0.186. The number of Topliss-reactive ketones (excluding diaryl/α,β-unsaturated/α-hetero) is 1. The zero-order valence-corrected chi connectivity index (χ0v) is 24.9. The number of ketones is 1. The van der Waals surface area contributed by atoms with Crippen molar-refractivity contribution in [2.75, 3.05) is 86.8 Å². The third kappa shape index (κ3) is 6.09. The number of piperazine rings is 1. The zero-order chi connectivity index (χ0) is 29.9. The molecule has 0 aromatic carbocycles. The Morgan fingerprint density at radius 2 is 1.56 bits per heavy atom. The Hall–Kier alpha value is -3.61. The minimum Gasteiger partial charge on any atom is -0.449 e. The number of aromatic nitrogens is 1. The van der Waals surface area contributed by atoms with Gasteiger partial charge >= 0.3 is 12.1 Å². The van der Waals surface area contributed by atoms with Crippen LogP contribution in [-0.4, -0.2) is 129 Å². The largest absolute Gasteiger partial charge is 0.449 e. The first kappa shape index (κ1) is 29.5. The highest BCUT2D eigenvalue weighted by Crippen LogP contribution is 2.34. The van der Waals surface area contributed by atoms with E-state index in [4.69, 9.17) is 19.2 Å². The van der Waals surface area contributed by atoms with Crippen LogP contribution in [0.25, 0.3) is 0 Å². The van der Waals surface area contributed by atoms with Gasteiger partial charge in [-0.25, -0.2) is 14.6 Å². The monoisotopic (exact) mass is 598 g/mol. The van der Waals surface area contributed by atoms with E-state index < -0.39 is 42.7 Å². The van der Waals surface area contributed by atoms with Crippen molar-refractivity contribution in [2.45, 2.75) is 63.7 Å². The number of piperidine rings is 1. The van der Waals surface area contributed by atoms with Crippen LogP contribution >= 0.6 is 0 Å². The molecule has 43 heavy (non-hydrogen) atoms. The van der Waals surface area contributed by atoms with Crippen molar-refractivity contribution in [1.82, 2.24) is 14.8 Å². The molecule has 13 heteroatoms. The van der Waals surface area contributed by atoms with Crippen molar-refractivity contribution in [3.8, 4) is 0 Å². The van der Waals surface area contributed by atoms with Gasteiger partial charge in [-0.05, 0) is 57.6 Å². The Kier molecular flexibility index (Phi) is 8.87. The average molecular weight is 599 g/mol. The first-order chi connectivity index (χ1) is 20.9. The van der Waals surface area contributed by atoms with Gasteiger partial charge in [0.25, 0.3) is 5.91 Å². The molecule has 13 nitrogen and oxygen atoms in total. The number of hydrogen-bond acceptors (Lipinski definition) is 11. The van der Waals surface area contributed by atoms with Gasteiger partial charge in [0.05, 0.1) is 11.7 Å². The Bertz CT molecular complexity index is 1210. The van der Waals surface area contributed by atoms with E-state index in [2.05, 4.69) is 26.8 Å². The van der Waals surface area contributed by atoms with Gasteiger partial charge in [0.2, 0.25) is 5.78 Å². The number of ether oxygens (including phenoxy) is 3.